The topological polar surface area (TPSA) is 60.6 Å². The van der Waals surface area contributed by atoms with Crippen molar-refractivity contribution in [2.75, 3.05) is 33.0 Å². The van der Waals surface area contributed by atoms with Gasteiger partial charge in [-0.2, -0.15) is 0 Å². The van der Waals surface area contributed by atoms with Crippen molar-refractivity contribution in [2.24, 2.45) is 0 Å². The SMILES string of the molecule is CCCCCCCCCCCCc1c[nH]c(C(=O)OCCOCCOCC)c1F. The van der Waals surface area contributed by atoms with E-state index in [1.807, 2.05) is 6.92 Å². The predicted molar refractivity (Wildman–Crippen MR) is 114 cm³/mol. The number of aryl methyl sites for hydroxylation is 1. The Bertz CT molecular complexity index is 533. The van der Waals surface area contributed by atoms with Crippen LogP contribution >= 0.6 is 0 Å². The van der Waals surface area contributed by atoms with Gasteiger partial charge in [-0.3, -0.25) is 0 Å². The average Bonchev–Trinajstić information content (AvgIpc) is 3.09. The molecule has 0 aliphatic heterocycles. The smallest absolute Gasteiger partial charge is 0.357 e. The van der Waals surface area contributed by atoms with Crippen molar-refractivity contribution in [3.05, 3.63) is 23.3 Å². The van der Waals surface area contributed by atoms with E-state index in [1.165, 1.54) is 51.4 Å². The number of esters is 1. The highest BCUT2D eigenvalue weighted by Crippen LogP contribution is 2.17. The molecule has 5 nitrogen and oxygen atoms in total. The van der Waals surface area contributed by atoms with E-state index in [0.29, 0.717) is 31.8 Å². The highest BCUT2D eigenvalue weighted by molar-refractivity contribution is 5.88. The lowest BCUT2D eigenvalue weighted by Crippen LogP contribution is -2.14. The molecule has 168 valence electrons. The highest BCUT2D eigenvalue weighted by atomic mass is 19.1. The van der Waals surface area contributed by atoms with E-state index in [4.69, 9.17) is 14.2 Å². The molecule has 0 radical (unpaired) electrons. The number of carbonyl (C=O) groups excluding carboxylic acids is 1. The molecule has 0 bridgehead atoms. The van der Waals surface area contributed by atoms with Crippen molar-refractivity contribution in [2.45, 2.75) is 84.5 Å². The summed E-state index contributed by atoms with van der Waals surface area (Å²) in [5.74, 6) is -1.16. The standard InChI is InChI=1S/C23H40FNO4/c1-3-5-6-7-8-9-10-11-12-13-14-20-19-25-22(21(20)24)23(26)29-18-17-28-16-15-27-4-2/h19,25H,3-18H2,1-2H3. The Kier molecular flexibility index (Phi) is 15.4. The Balaban J connectivity index is 2.11. The summed E-state index contributed by atoms with van der Waals surface area (Å²) in [4.78, 5) is 14.7. The maximum absolute atomic E-state index is 14.4. The molecule has 0 atom stereocenters. The fourth-order valence-corrected chi connectivity index (χ4v) is 3.21. The number of carbonyl (C=O) groups is 1. The number of rotatable bonds is 19. The first-order chi connectivity index (χ1) is 14.2. The predicted octanol–water partition coefficient (Wildman–Crippen LogP) is 5.83. The number of aromatic nitrogens is 1. The minimum absolute atomic E-state index is 0.0944. The average molecular weight is 414 g/mol. The lowest BCUT2D eigenvalue weighted by Gasteiger charge is -2.05. The maximum atomic E-state index is 14.4. The lowest BCUT2D eigenvalue weighted by atomic mass is 10.0. The molecule has 0 saturated heterocycles. The summed E-state index contributed by atoms with van der Waals surface area (Å²) in [6.07, 6.45) is 14.7. The minimum Gasteiger partial charge on any atom is -0.458 e. The third kappa shape index (κ3) is 12.0. The molecule has 0 aliphatic carbocycles. The van der Waals surface area contributed by atoms with Gasteiger partial charge in [-0.05, 0) is 19.8 Å². The summed E-state index contributed by atoms with van der Waals surface area (Å²) in [7, 11) is 0. The Morgan fingerprint density at radius 2 is 1.45 bits per heavy atom. The van der Waals surface area contributed by atoms with Crippen LogP contribution in [0.5, 0.6) is 0 Å². The van der Waals surface area contributed by atoms with Gasteiger partial charge in [0, 0.05) is 18.4 Å². The first kappa shape index (κ1) is 25.6. The summed E-state index contributed by atoms with van der Waals surface area (Å²) in [5, 5.41) is 0. The monoisotopic (exact) mass is 413 g/mol. The number of nitrogens with one attached hydrogen (secondary N) is 1. The van der Waals surface area contributed by atoms with E-state index in [0.717, 1.165) is 12.8 Å². The van der Waals surface area contributed by atoms with Crippen LogP contribution in [0.15, 0.2) is 6.20 Å². The van der Waals surface area contributed by atoms with E-state index in [2.05, 4.69) is 11.9 Å². The zero-order valence-corrected chi connectivity index (χ0v) is 18.4. The van der Waals surface area contributed by atoms with Gasteiger partial charge < -0.3 is 19.2 Å². The van der Waals surface area contributed by atoms with E-state index < -0.39 is 11.8 Å². The van der Waals surface area contributed by atoms with Gasteiger partial charge in [0.15, 0.2) is 11.5 Å². The molecular formula is C23H40FNO4. The number of unbranched alkanes of at least 4 members (excludes halogenated alkanes) is 9. The zero-order chi connectivity index (χ0) is 21.2. The number of ether oxygens (including phenoxy) is 3. The fourth-order valence-electron chi connectivity index (χ4n) is 3.21. The summed E-state index contributed by atoms with van der Waals surface area (Å²) in [5.41, 5.74) is 0.464. The van der Waals surface area contributed by atoms with Crippen molar-refractivity contribution in [3.63, 3.8) is 0 Å². The van der Waals surface area contributed by atoms with Gasteiger partial charge >= 0.3 is 5.97 Å². The van der Waals surface area contributed by atoms with Crippen LogP contribution in [0.3, 0.4) is 0 Å². The van der Waals surface area contributed by atoms with Gasteiger partial charge in [-0.1, -0.05) is 64.7 Å². The molecule has 1 aromatic heterocycles. The van der Waals surface area contributed by atoms with Crippen LogP contribution in [0.4, 0.5) is 4.39 Å². The van der Waals surface area contributed by atoms with E-state index in [9.17, 15) is 9.18 Å². The third-order valence-electron chi connectivity index (χ3n) is 4.93. The summed E-state index contributed by atoms with van der Waals surface area (Å²) < 4.78 is 29.9. The Morgan fingerprint density at radius 1 is 0.862 bits per heavy atom. The molecule has 1 aromatic rings. The van der Waals surface area contributed by atoms with E-state index in [-0.39, 0.29) is 18.9 Å². The van der Waals surface area contributed by atoms with Crippen LogP contribution in [0, 0.1) is 5.82 Å². The second kappa shape index (κ2) is 17.5. The molecule has 1 rings (SSSR count). The van der Waals surface area contributed by atoms with Crippen molar-refractivity contribution >= 4 is 5.97 Å². The molecule has 1 heterocycles. The van der Waals surface area contributed by atoms with Crippen LogP contribution in [-0.2, 0) is 20.6 Å². The molecule has 0 spiro atoms. The van der Waals surface area contributed by atoms with Crippen molar-refractivity contribution < 1.29 is 23.4 Å². The second-order valence-electron chi connectivity index (χ2n) is 7.38. The maximum Gasteiger partial charge on any atom is 0.357 e. The van der Waals surface area contributed by atoms with Gasteiger partial charge in [0.2, 0.25) is 0 Å². The molecule has 0 amide bonds. The van der Waals surface area contributed by atoms with Gasteiger partial charge in [0.05, 0.1) is 19.8 Å². The fraction of sp³-hybridized carbons (Fsp3) is 0.783. The summed E-state index contributed by atoms with van der Waals surface area (Å²) in [6, 6.07) is 0. The van der Waals surface area contributed by atoms with Gasteiger partial charge in [-0.25, -0.2) is 9.18 Å². The molecule has 6 heteroatoms. The van der Waals surface area contributed by atoms with Crippen molar-refractivity contribution in [3.8, 4) is 0 Å². The zero-order valence-electron chi connectivity index (χ0n) is 18.4. The molecular weight excluding hydrogens is 373 g/mol. The van der Waals surface area contributed by atoms with Gasteiger partial charge in [-0.15, -0.1) is 0 Å². The molecule has 0 unspecified atom stereocenters. The first-order valence-corrected chi connectivity index (χ1v) is 11.4. The number of aromatic amines is 1. The van der Waals surface area contributed by atoms with Crippen LogP contribution in [0.2, 0.25) is 0 Å². The summed E-state index contributed by atoms with van der Waals surface area (Å²) >= 11 is 0. The number of H-pyrrole nitrogens is 1. The Morgan fingerprint density at radius 3 is 2.10 bits per heavy atom. The molecule has 0 aromatic carbocycles. The van der Waals surface area contributed by atoms with Crippen LogP contribution in [-0.4, -0.2) is 44.0 Å². The molecule has 0 aliphatic rings. The van der Waals surface area contributed by atoms with Gasteiger partial charge in [0.25, 0.3) is 0 Å². The molecule has 0 saturated carbocycles. The van der Waals surface area contributed by atoms with E-state index >= 15 is 0 Å². The van der Waals surface area contributed by atoms with Crippen molar-refractivity contribution in [1.29, 1.82) is 0 Å². The number of hydrogen-bond donors (Lipinski definition) is 1. The Labute approximate surface area is 175 Å². The van der Waals surface area contributed by atoms with Crippen LogP contribution < -0.4 is 0 Å². The molecule has 1 N–H and O–H groups in total. The Hall–Kier alpha value is -1.40. The normalized spacial score (nSPS) is 11.1. The lowest BCUT2D eigenvalue weighted by molar-refractivity contribution is 0.0158. The molecule has 29 heavy (non-hydrogen) atoms. The van der Waals surface area contributed by atoms with Crippen LogP contribution in [0.1, 0.15) is 94.1 Å². The summed E-state index contributed by atoms with van der Waals surface area (Å²) in [6.45, 7) is 6.12. The molecule has 0 fully saturated rings. The number of hydrogen-bond acceptors (Lipinski definition) is 4. The van der Waals surface area contributed by atoms with Crippen molar-refractivity contribution in [1.82, 2.24) is 4.98 Å². The number of halogens is 1. The largest absolute Gasteiger partial charge is 0.458 e. The minimum atomic E-state index is -0.676. The third-order valence-corrected chi connectivity index (χ3v) is 4.93. The van der Waals surface area contributed by atoms with Gasteiger partial charge in [0.1, 0.15) is 6.61 Å². The quantitative estimate of drug-likeness (QED) is 0.229. The van der Waals surface area contributed by atoms with E-state index in [1.54, 1.807) is 6.20 Å². The first-order valence-electron chi connectivity index (χ1n) is 11.4. The van der Waals surface area contributed by atoms with Crippen LogP contribution in [0.25, 0.3) is 0 Å². The highest BCUT2D eigenvalue weighted by Gasteiger charge is 2.18. The second-order valence-corrected chi connectivity index (χ2v) is 7.38.